The number of nitrogens with one attached hydrogen (secondary N) is 4. The van der Waals surface area contributed by atoms with Gasteiger partial charge < -0.3 is 30.2 Å². The molecule has 5 N–H and O–H groups in total. The number of aliphatic carboxylic acids is 1. The quantitative estimate of drug-likeness (QED) is 0.181. The van der Waals surface area contributed by atoms with E-state index in [1.165, 1.54) is 7.11 Å². The summed E-state index contributed by atoms with van der Waals surface area (Å²) >= 11 is 0. The lowest BCUT2D eigenvalue weighted by Gasteiger charge is -2.20. The Kier molecular flexibility index (Phi) is 9.03. The van der Waals surface area contributed by atoms with Crippen molar-refractivity contribution >= 4 is 34.2 Å². The van der Waals surface area contributed by atoms with Crippen LogP contribution in [-0.4, -0.2) is 42.9 Å². The van der Waals surface area contributed by atoms with Crippen LogP contribution >= 0.6 is 0 Å². The molecule has 0 spiro atoms. The maximum atomic E-state index is 12.4. The Bertz CT molecular complexity index is 1570. The molecule has 0 radical (unpaired) electrons. The van der Waals surface area contributed by atoms with Crippen molar-refractivity contribution in [3.05, 3.63) is 100.0 Å². The van der Waals surface area contributed by atoms with E-state index >= 15 is 0 Å². The molecule has 0 saturated carbocycles. The molecule has 0 fully saturated rings. The molecule has 0 aliphatic rings. The lowest BCUT2D eigenvalue weighted by atomic mass is 9.96. The number of benzene rings is 3. The Hall–Kier alpha value is -4.83. The van der Waals surface area contributed by atoms with Crippen molar-refractivity contribution in [3.63, 3.8) is 0 Å². The molecule has 40 heavy (non-hydrogen) atoms. The molecule has 208 valence electrons. The maximum Gasteiger partial charge on any atom is 0.411 e. The first-order valence-corrected chi connectivity index (χ1v) is 12.7. The average molecular weight is 545 g/mol. The third kappa shape index (κ3) is 6.78. The second kappa shape index (κ2) is 12.8. The van der Waals surface area contributed by atoms with Gasteiger partial charge in [0.05, 0.1) is 13.7 Å². The molecule has 1 heterocycles. The highest BCUT2D eigenvalue weighted by molar-refractivity contribution is 5.86. The number of anilines is 2. The predicted molar refractivity (Wildman–Crippen MR) is 154 cm³/mol. The standard InChI is InChI=1S/C30H32N4O6/c1-18(17-40-30(38)34-22-6-4-5-19(13-22)16-31-2)24-10-8-21(14-26(24)39-3)27(29(36)37)33-23-9-7-20-11-12-32-28(35)25(20)15-23/h4-15,18,27,31,33H,16-17H2,1-3H3,(H,32,35)(H,34,38)(H,36,37)/t18-,27?/m0/s1. The third-order valence-corrected chi connectivity index (χ3v) is 6.47. The lowest BCUT2D eigenvalue weighted by molar-refractivity contribution is -0.138. The molecule has 3 aromatic carbocycles. The Morgan fingerprint density at radius 3 is 2.60 bits per heavy atom. The van der Waals surface area contributed by atoms with E-state index in [0.717, 1.165) is 16.5 Å². The van der Waals surface area contributed by atoms with E-state index in [1.54, 1.807) is 54.7 Å². The van der Waals surface area contributed by atoms with E-state index in [1.807, 2.05) is 32.2 Å². The summed E-state index contributed by atoms with van der Waals surface area (Å²) in [5, 5.41) is 20.0. The van der Waals surface area contributed by atoms with Gasteiger partial charge in [0.25, 0.3) is 5.56 Å². The summed E-state index contributed by atoms with van der Waals surface area (Å²) in [5.41, 5.74) is 3.12. The van der Waals surface area contributed by atoms with Gasteiger partial charge in [0, 0.05) is 41.0 Å². The SMILES string of the molecule is CNCc1cccc(NC(=O)OC[C@H](C)c2ccc(C(Nc3ccc4cc[nH]c(=O)c4c3)C(=O)O)cc2OC)c1. The molecule has 10 nitrogen and oxygen atoms in total. The van der Waals surface area contributed by atoms with Gasteiger partial charge in [0.15, 0.2) is 6.04 Å². The second-order valence-electron chi connectivity index (χ2n) is 9.38. The highest BCUT2D eigenvalue weighted by Crippen LogP contribution is 2.32. The molecule has 1 aromatic heterocycles. The first-order chi connectivity index (χ1) is 19.3. The second-order valence-corrected chi connectivity index (χ2v) is 9.38. The maximum absolute atomic E-state index is 12.4. The molecule has 0 saturated heterocycles. The number of fused-ring (bicyclic) bond motifs is 1. The van der Waals surface area contributed by atoms with Crippen LogP contribution in [0, 0.1) is 0 Å². The number of aromatic amines is 1. The van der Waals surface area contributed by atoms with E-state index in [0.29, 0.717) is 34.6 Å². The van der Waals surface area contributed by atoms with Gasteiger partial charge in [0.2, 0.25) is 0 Å². The fourth-order valence-corrected chi connectivity index (χ4v) is 4.45. The first kappa shape index (κ1) is 28.2. The fourth-order valence-electron chi connectivity index (χ4n) is 4.45. The van der Waals surface area contributed by atoms with Crippen molar-refractivity contribution in [1.82, 2.24) is 10.3 Å². The Balaban J connectivity index is 1.45. The van der Waals surface area contributed by atoms with Gasteiger partial charge in [-0.2, -0.15) is 0 Å². The number of methoxy groups -OCH3 is 1. The zero-order valence-corrected chi connectivity index (χ0v) is 22.5. The van der Waals surface area contributed by atoms with Gasteiger partial charge in [-0.15, -0.1) is 0 Å². The number of aromatic nitrogens is 1. The van der Waals surface area contributed by atoms with Gasteiger partial charge in [0.1, 0.15) is 5.75 Å². The Labute approximate surface area is 231 Å². The molecule has 4 rings (SSSR count). The Morgan fingerprint density at radius 2 is 1.85 bits per heavy atom. The number of ether oxygens (including phenoxy) is 2. The molecule has 2 atom stereocenters. The van der Waals surface area contributed by atoms with Crippen LogP contribution in [0.4, 0.5) is 16.2 Å². The number of carbonyl (C=O) groups excluding carboxylic acids is 1. The van der Waals surface area contributed by atoms with Crippen molar-refractivity contribution in [1.29, 1.82) is 0 Å². The van der Waals surface area contributed by atoms with Gasteiger partial charge >= 0.3 is 12.1 Å². The summed E-state index contributed by atoms with van der Waals surface area (Å²) in [6, 6.07) is 18.4. The largest absolute Gasteiger partial charge is 0.496 e. The van der Waals surface area contributed by atoms with Gasteiger partial charge in [-0.25, -0.2) is 9.59 Å². The summed E-state index contributed by atoms with van der Waals surface area (Å²) in [6.45, 7) is 2.65. The van der Waals surface area contributed by atoms with Crippen molar-refractivity contribution in [3.8, 4) is 5.75 Å². The zero-order chi connectivity index (χ0) is 28.6. The van der Waals surface area contributed by atoms with Crippen LogP contribution in [0.25, 0.3) is 10.8 Å². The average Bonchev–Trinajstić information content (AvgIpc) is 2.95. The number of carboxylic acid groups (broad SMARTS) is 1. The lowest BCUT2D eigenvalue weighted by Crippen LogP contribution is -2.21. The van der Waals surface area contributed by atoms with Crippen molar-refractivity contribution in [2.24, 2.45) is 0 Å². The third-order valence-electron chi connectivity index (χ3n) is 6.47. The number of H-pyrrole nitrogens is 1. The van der Waals surface area contributed by atoms with Crippen LogP contribution in [0.5, 0.6) is 5.75 Å². The first-order valence-electron chi connectivity index (χ1n) is 12.7. The highest BCUT2D eigenvalue weighted by atomic mass is 16.5. The molecule has 0 aliphatic heterocycles. The molecule has 1 unspecified atom stereocenters. The van der Waals surface area contributed by atoms with Gasteiger partial charge in [-0.05, 0) is 60.0 Å². The molecule has 0 aliphatic carbocycles. The molecule has 4 aromatic rings. The topological polar surface area (TPSA) is 142 Å². The van der Waals surface area contributed by atoms with Crippen LogP contribution in [0.1, 0.15) is 35.6 Å². The molecular weight excluding hydrogens is 512 g/mol. The summed E-state index contributed by atoms with van der Waals surface area (Å²) in [6.07, 6.45) is 0.988. The minimum atomic E-state index is -1.10. The van der Waals surface area contributed by atoms with Crippen LogP contribution in [-0.2, 0) is 16.1 Å². The Morgan fingerprint density at radius 1 is 1.02 bits per heavy atom. The highest BCUT2D eigenvalue weighted by Gasteiger charge is 2.23. The van der Waals surface area contributed by atoms with E-state index in [-0.39, 0.29) is 18.1 Å². The summed E-state index contributed by atoms with van der Waals surface area (Å²) in [5.74, 6) is -0.852. The van der Waals surface area contributed by atoms with E-state index in [9.17, 15) is 19.5 Å². The normalized spacial score (nSPS) is 12.4. The summed E-state index contributed by atoms with van der Waals surface area (Å²) in [7, 11) is 3.35. The van der Waals surface area contributed by atoms with Gasteiger partial charge in [-0.1, -0.05) is 37.3 Å². The van der Waals surface area contributed by atoms with Crippen molar-refractivity contribution in [2.45, 2.75) is 25.4 Å². The molecule has 10 heteroatoms. The minimum absolute atomic E-state index is 0.0873. The number of hydrogen-bond donors (Lipinski definition) is 5. The minimum Gasteiger partial charge on any atom is -0.496 e. The van der Waals surface area contributed by atoms with E-state index in [4.69, 9.17) is 9.47 Å². The van der Waals surface area contributed by atoms with Crippen LogP contribution in [0.2, 0.25) is 0 Å². The fraction of sp³-hybridized carbons (Fsp3) is 0.233. The number of pyridine rings is 1. The van der Waals surface area contributed by atoms with Crippen LogP contribution in [0.3, 0.4) is 0 Å². The van der Waals surface area contributed by atoms with Crippen LogP contribution < -0.4 is 26.2 Å². The molecular formula is C30H32N4O6. The van der Waals surface area contributed by atoms with E-state index in [2.05, 4.69) is 20.9 Å². The van der Waals surface area contributed by atoms with Crippen LogP contribution in [0.15, 0.2) is 77.7 Å². The predicted octanol–water partition coefficient (Wildman–Crippen LogP) is 4.85. The zero-order valence-electron chi connectivity index (χ0n) is 22.5. The number of hydrogen-bond acceptors (Lipinski definition) is 7. The monoisotopic (exact) mass is 544 g/mol. The number of rotatable bonds is 11. The molecule has 1 amide bonds. The number of amides is 1. The summed E-state index contributed by atoms with van der Waals surface area (Å²) < 4.78 is 11.0. The molecule has 0 bridgehead atoms. The van der Waals surface area contributed by atoms with Crippen molar-refractivity contribution < 1.29 is 24.2 Å². The van der Waals surface area contributed by atoms with E-state index < -0.39 is 18.1 Å². The van der Waals surface area contributed by atoms with Crippen molar-refractivity contribution in [2.75, 3.05) is 31.4 Å². The number of carbonyl (C=O) groups is 2. The number of carboxylic acids is 1. The van der Waals surface area contributed by atoms with Gasteiger partial charge in [-0.3, -0.25) is 10.1 Å². The summed E-state index contributed by atoms with van der Waals surface area (Å²) in [4.78, 5) is 39.4. The smallest absolute Gasteiger partial charge is 0.411 e.